The lowest BCUT2D eigenvalue weighted by atomic mass is 10.1. The summed E-state index contributed by atoms with van der Waals surface area (Å²) in [5.41, 5.74) is -0.194. The molecule has 0 saturated heterocycles. The van der Waals surface area contributed by atoms with Crippen LogP contribution in [0.4, 0.5) is 0 Å². The zero-order valence-electron chi connectivity index (χ0n) is 6.16. The third-order valence-corrected chi connectivity index (χ3v) is 2.51. The predicted molar refractivity (Wildman–Crippen MR) is 35.5 cm³/mol. The van der Waals surface area contributed by atoms with Crippen molar-refractivity contribution >= 4 is 5.97 Å². The number of aliphatic hydroxyl groups is 1. The van der Waals surface area contributed by atoms with E-state index in [1.54, 1.807) is 0 Å². The van der Waals surface area contributed by atoms with E-state index in [1.807, 2.05) is 13.8 Å². The van der Waals surface area contributed by atoms with Crippen molar-refractivity contribution in [2.24, 2.45) is 17.3 Å². The fourth-order valence-electron chi connectivity index (χ4n) is 1.58. The summed E-state index contributed by atoms with van der Waals surface area (Å²) in [6, 6.07) is 0. The molecular formula is C7H12O3. The number of carboxylic acids is 1. The molecule has 1 rings (SSSR count). The van der Waals surface area contributed by atoms with Gasteiger partial charge in [-0.1, -0.05) is 13.8 Å². The van der Waals surface area contributed by atoms with E-state index in [4.69, 9.17) is 10.2 Å². The molecule has 0 aromatic rings. The second-order valence-electron chi connectivity index (χ2n) is 3.43. The largest absolute Gasteiger partial charge is 0.481 e. The highest BCUT2D eigenvalue weighted by Crippen LogP contribution is 2.57. The van der Waals surface area contributed by atoms with Crippen molar-refractivity contribution in [3.63, 3.8) is 0 Å². The summed E-state index contributed by atoms with van der Waals surface area (Å²) in [5.74, 6) is -1.16. The number of carbonyl (C=O) groups is 1. The van der Waals surface area contributed by atoms with Crippen LogP contribution in [0.1, 0.15) is 13.8 Å². The maximum Gasteiger partial charge on any atom is 0.307 e. The lowest BCUT2D eigenvalue weighted by molar-refractivity contribution is -0.139. The smallest absolute Gasteiger partial charge is 0.307 e. The van der Waals surface area contributed by atoms with Crippen LogP contribution < -0.4 is 0 Å². The summed E-state index contributed by atoms with van der Waals surface area (Å²) in [6.07, 6.45) is 0. The predicted octanol–water partition coefficient (Wildman–Crippen LogP) is 0.336. The molecule has 10 heavy (non-hydrogen) atoms. The van der Waals surface area contributed by atoms with Gasteiger partial charge >= 0.3 is 5.97 Å². The molecule has 0 aromatic carbocycles. The monoisotopic (exact) mass is 144 g/mol. The van der Waals surface area contributed by atoms with E-state index < -0.39 is 5.97 Å². The van der Waals surface area contributed by atoms with Gasteiger partial charge in [0, 0.05) is 12.5 Å². The number of carboxylic acid groups (broad SMARTS) is 1. The molecule has 58 valence electrons. The van der Waals surface area contributed by atoms with Crippen LogP contribution >= 0.6 is 0 Å². The minimum absolute atomic E-state index is 0.00995. The Labute approximate surface area is 59.7 Å². The van der Waals surface area contributed by atoms with Gasteiger partial charge in [-0.3, -0.25) is 4.79 Å². The molecule has 1 saturated carbocycles. The number of aliphatic hydroxyl groups excluding tert-OH is 1. The number of hydrogen-bond donors (Lipinski definition) is 2. The SMILES string of the molecule is CC1(C)[C@H](CO)[C@H]1C(=O)O. The van der Waals surface area contributed by atoms with Crippen molar-refractivity contribution in [1.29, 1.82) is 0 Å². The van der Waals surface area contributed by atoms with E-state index >= 15 is 0 Å². The summed E-state index contributed by atoms with van der Waals surface area (Å²) in [5, 5.41) is 17.3. The highest BCUT2D eigenvalue weighted by Gasteiger charge is 2.61. The van der Waals surface area contributed by atoms with Crippen molar-refractivity contribution in [1.82, 2.24) is 0 Å². The molecule has 0 aromatic heterocycles. The normalized spacial score (nSPS) is 35.5. The van der Waals surface area contributed by atoms with Crippen LogP contribution in [0.3, 0.4) is 0 Å². The van der Waals surface area contributed by atoms with Crippen LogP contribution in [0.15, 0.2) is 0 Å². The third-order valence-electron chi connectivity index (χ3n) is 2.51. The van der Waals surface area contributed by atoms with Gasteiger partial charge < -0.3 is 10.2 Å². The van der Waals surface area contributed by atoms with E-state index in [0.29, 0.717) is 0 Å². The van der Waals surface area contributed by atoms with E-state index in [1.165, 1.54) is 0 Å². The van der Waals surface area contributed by atoms with Crippen LogP contribution in [0.25, 0.3) is 0 Å². The summed E-state index contributed by atoms with van der Waals surface area (Å²) < 4.78 is 0. The van der Waals surface area contributed by atoms with Crippen molar-refractivity contribution < 1.29 is 15.0 Å². The molecule has 0 radical (unpaired) electrons. The van der Waals surface area contributed by atoms with Gasteiger partial charge in [0.15, 0.2) is 0 Å². The summed E-state index contributed by atoms with van der Waals surface area (Å²) in [4.78, 5) is 10.4. The fraction of sp³-hybridized carbons (Fsp3) is 0.857. The highest BCUT2D eigenvalue weighted by atomic mass is 16.4. The second kappa shape index (κ2) is 1.95. The molecule has 0 aliphatic heterocycles. The lowest BCUT2D eigenvalue weighted by Gasteiger charge is -1.96. The van der Waals surface area contributed by atoms with Crippen LogP contribution in [0, 0.1) is 17.3 Å². The van der Waals surface area contributed by atoms with Crippen LogP contribution in [-0.2, 0) is 4.79 Å². The average Bonchev–Trinajstić information content (AvgIpc) is 2.33. The van der Waals surface area contributed by atoms with Gasteiger partial charge in [0.1, 0.15) is 0 Å². The lowest BCUT2D eigenvalue weighted by Crippen LogP contribution is -2.03. The van der Waals surface area contributed by atoms with Crippen LogP contribution in [0.2, 0.25) is 0 Å². The van der Waals surface area contributed by atoms with Crippen molar-refractivity contribution in [2.45, 2.75) is 13.8 Å². The maximum absolute atomic E-state index is 10.4. The molecule has 1 fully saturated rings. The van der Waals surface area contributed by atoms with Crippen LogP contribution in [-0.4, -0.2) is 22.8 Å². The highest BCUT2D eigenvalue weighted by molar-refractivity contribution is 5.75. The van der Waals surface area contributed by atoms with Gasteiger partial charge in [0.05, 0.1) is 5.92 Å². The molecule has 1 aliphatic rings. The van der Waals surface area contributed by atoms with Crippen LogP contribution in [0.5, 0.6) is 0 Å². The zero-order chi connectivity index (χ0) is 7.94. The van der Waals surface area contributed by atoms with Gasteiger partial charge in [-0.2, -0.15) is 0 Å². The first-order valence-electron chi connectivity index (χ1n) is 3.35. The first-order chi connectivity index (χ1) is 4.51. The first kappa shape index (κ1) is 7.54. The molecule has 1 aliphatic carbocycles. The van der Waals surface area contributed by atoms with Gasteiger partial charge in [0.2, 0.25) is 0 Å². The standard InChI is InChI=1S/C7H12O3/c1-7(2)4(3-8)5(7)6(9)10/h4-5,8H,3H2,1-2H3,(H,9,10)/t4-,5+/m1/s1. The van der Waals surface area contributed by atoms with E-state index in [9.17, 15) is 4.79 Å². The molecule has 3 nitrogen and oxygen atoms in total. The van der Waals surface area contributed by atoms with Crippen molar-refractivity contribution in [3.8, 4) is 0 Å². The minimum Gasteiger partial charge on any atom is -0.481 e. The first-order valence-corrected chi connectivity index (χ1v) is 3.35. The zero-order valence-corrected chi connectivity index (χ0v) is 6.16. The van der Waals surface area contributed by atoms with Gasteiger partial charge in [-0.25, -0.2) is 0 Å². The maximum atomic E-state index is 10.4. The quantitative estimate of drug-likeness (QED) is 0.587. The number of aliphatic carboxylic acids is 1. The van der Waals surface area contributed by atoms with Crippen molar-refractivity contribution in [2.75, 3.05) is 6.61 Å². The minimum atomic E-state index is -0.788. The molecule has 0 amide bonds. The molecule has 2 atom stereocenters. The Balaban J connectivity index is 2.61. The fourth-order valence-corrected chi connectivity index (χ4v) is 1.58. The van der Waals surface area contributed by atoms with E-state index in [0.717, 1.165) is 0 Å². The van der Waals surface area contributed by atoms with Gasteiger partial charge in [0.25, 0.3) is 0 Å². The molecule has 2 N–H and O–H groups in total. The summed E-state index contributed by atoms with van der Waals surface area (Å²) in [7, 11) is 0. The van der Waals surface area contributed by atoms with Gasteiger partial charge in [-0.05, 0) is 5.41 Å². The Hall–Kier alpha value is -0.570. The summed E-state index contributed by atoms with van der Waals surface area (Å²) in [6.45, 7) is 3.73. The molecule has 3 heteroatoms. The van der Waals surface area contributed by atoms with E-state index in [2.05, 4.69) is 0 Å². The molecule has 0 bridgehead atoms. The molecule has 0 unspecified atom stereocenters. The molecular weight excluding hydrogens is 132 g/mol. The Kier molecular flexibility index (Phi) is 1.47. The Bertz CT molecular complexity index is 162. The Morgan fingerprint density at radius 3 is 2.20 bits per heavy atom. The molecule has 0 spiro atoms. The average molecular weight is 144 g/mol. The van der Waals surface area contributed by atoms with Crippen molar-refractivity contribution in [3.05, 3.63) is 0 Å². The Morgan fingerprint density at radius 2 is 2.10 bits per heavy atom. The third kappa shape index (κ3) is 0.814. The topological polar surface area (TPSA) is 57.5 Å². The number of rotatable bonds is 2. The Morgan fingerprint density at radius 1 is 1.60 bits per heavy atom. The summed E-state index contributed by atoms with van der Waals surface area (Å²) >= 11 is 0. The number of hydrogen-bond acceptors (Lipinski definition) is 2. The second-order valence-corrected chi connectivity index (χ2v) is 3.43. The van der Waals surface area contributed by atoms with Gasteiger partial charge in [-0.15, -0.1) is 0 Å². The molecule has 0 heterocycles. The van der Waals surface area contributed by atoms with E-state index in [-0.39, 0.29) is 23.9 Å².